The van der Waals surface area contributed by atoms with Crippen LogP contribution in [-0.2, 0) is 10.2 Å². The Morgan fingerprint density at radius 2 is 2.16 bits per heavy atom. The van der Waals surface area contributed by atoms with Crippen LogP contribution < -0.4 is 5.32 Å². The van der Waals surface area contributed by atoms with Crippen LogP contribution in [0.1, 0.15) is 70.4 Å². The molecule has 0 heterocycles. The Balaban J connectivity index is 2.40. The second-order valence-electron chi connectivity index (χ2n) is 6.38. The molecule has 1 aliphatic carbocycles. The van der Waals surface area contributed by atoms with Crippen LogP contribution in [0.4, 0.5) is 5.69 Å². The van der Waals surface area contributed by atoms with Gasteiger partial charge in [0.2, 0.25) is 5.91 Å². The van der Waals surface area contributed by atoms with Gasteiger partial charge in [-0.2, -0.15) is 0 Å². The van der Waals surface area contributed by atoms with E-state index in [0.29, 0.717) is 5.92 Å². The highest BCUT2D eigenvalue weighted by molar-refractivity contribution is 5.90. The van der Waals surface area contributed by atoms with E-state index in [0.717, 1.165) is 5.69 Å². The number of unbranched alkanes of at least 4 members (excludes halogenated alkanes) is 1. The van der Waals surface area contributed by atoms with E-state index in [4.69, 9.17) is 0 Å². The van der Waals surface area contributed by atoms with Gasteiger partial charge >= 0.3 is 0 Å². The average molecular weight is 259 g/mol. The number of fused-ring (bicyclic) bond motifs is 1. The van der Waals surface area contributed by atoms with Crippen molar-refractivity contribution >= 4 is 11.6 Å². The Morgan fingerprint density at radius 3 is 2.79 bits per heavy atom. The normalized spacial score (nSPS) is 20.1. The summed E-state index contributed by atoms with van der Waals surface area (Å²) in [4.78, 5) is 11.4. The van der Waals surface area contributed by atoms with Crippen molar-refractivity contribution < 1.29 is 4.79 Å². The molecular weight excluding hydrogens is 234 g/mol. The van der Waals surface area contributed by atoms with Gasteiger partial charge in [-0.15, -0.1) is 0 Å². The number of hydrogen-bond donors (Lipinski definition) is 1. The van der Waals surface area contributed by atoms with Gasteiger partial charge in [0.05, 0.1) is 0 Å². The molecule has 0 aliphatic heterocycles. The third-order valence-corrected chi connectivity index (χ3v) is 4.22. The number of carbonyl (C=O) groups excluding carboxylic acids is 1. The minimum atomic E-state index is 0.0207. The van der Waals surface area contributed by atoms with Crippen molar-refractivity contribution in [2.45, 2.75) is 64.7 Å². The number of nitrogens with one attached hydrogen (secondary N) is 1. The molecular formula is C17H25NO. The largest absolute Gasteiger partial charge is 0.326 e. The summed E-state index contributed by atoms with van der Waals surface area (Å²) in [6, 6.07) is 6.33. The van der Waals surface area contributed by atoms with Crippen molar-refractivity contribution in [1.82, 2.24) is 0 Å². The van der Waals surface area contributed by atoms with Gasteiger partial charge < -0.3 is 5.32 Å². The first-order valence-corrected chi connectivity index (χ1v) is 7.36. The lowest BCUT2D eigenvalue weighted by Gasteiger charge is -2.19. The van der Waals surface area contributed by atoms with Crippen LogP contribution in [-0.4, -0.2) is 5.91 Å². The maximum absolute atomic E-state index is 11.4. The Morgan fingerprint density at radius 1 is 1.42 bits per heavy atom. The van der Waals surface area contributed by atoms with Crippen LogP contribution >= 0.6 is 0 Å². The van der Waals surface area contributed by atoms with E-state index in [-0.39, 0.29) is 11.3 Å². The van der Waals surface area contributed by atoms with Gasteiger partial charge in [0.15, 0.2) is 0 Å². The summed E-state index contributed by atoms with van der Waals surface area (Å²) in [5.41, 5.74) is 4.05. The van der Waals surface area contributed by atoms with Crippen molar-refractivity contribution in [3.05, 3.63) is 29.3 Å². The highest BCUT2D eigenvalue weighted by Crippen LogP contribution is 2.50. The second kappa shape index (κ2) is 5.36. The summed E-state index contributed by atoms with van der Waals surface area (Å²) in [6.07, 6.45) is 4.91. The minimum absolute atomic E-state index is 0.0207. The molecule has 2 rings (SSSR count). The van der Waals surface area contributed by atoms with E-state index in [9.17, 15) is 4.79 Å². The molecule has 0 radical (unpaired) electrons. The van der Waals surface area contributed by atoms with Crippen molar-refractivity contribution in [3.8, 4) is 0 Å². The first-order valence-electron chi connectivity index (χ1n) is 7.36. The number of benzene rings is 1. The summed E-state index contributed by atoms with van der Waals surface area (Å²) in [7, 11) is 0. The molecule has 1 N–H and O–H groups in total. The molecule has 0 spiro atoms. The van der Waals surface area contributed by atoms with Crippen molar-refractivity contribution in [2.24, 2.45) is 0 Å². The molecule has 0 fully saturated rings. The SMILES string of the molecule is CCCCC1CC(C)(C)c2cccc(NC(C)=O)c21. The summed E-state index contributed by atoms with van der Waals surface area (Å²) >= 11 is 0. The zero-order chi connectivity index (χ0) is 14.0. The van der Waals surface area contributed by atoms with Gasteiger partial charge in [-0.05, 0) is 41.4 Å². The lowest BCUT2D eigenvalue weighted by Crippen LogP contribution is -2.12. The fraction of sp³-hybridized carbons (Fsp3) is 0.588. The highest BCUT2D eigenvalue weighted by Gasteiger charge is 2.37. The Labute approximate surface area is 116 Å². The van der Waals surface area contributed by atoms with Crippen LogP contribution in [0.25, 0.3) is 0 Å². The fourth-order valence-electron chi connectivity index (χ4n) is 3.42. The Bertz CT molecular complexity index is 476. The summed E-state index contributed by atoms with van der Waals surface area (Å²) in [5, 5.41) is 3.01. The maximum atomic E-state index is 11.4. The molecule has 2 heteroatoms. The van der Waals surface area contributed by atoms with Crippen LogP contribution in [0.15, 0.2) is 18.2 Å². The monoisotopic (exact) mass is 259 g/mol. The van der Waals surface area contributed by atoms with Gasteiger partial charge in [-0.3, -0.25) is 4.79 Å². The van der Waals surface area contributed by atoms with Crippen LogP contribution in [0.5, 0.6) is 0 Å². The fourth-order valence-corrected chi connectivity index (χ4v) is 3.42. The minimum Gasteiger partial charge on any atom is -0.326 e. The van der Waals surface area contributed by atoms with E-state index < -0.39 is 0 Å². The summed E-state index contributed by atoms with van der Waals surface area (Å²) in [6.45, 7) is 8.45. The third-order valence-electron chi connectivity index (χ3n) is 4.22. The van der Waals surface area contributed by atoms with Gasteiger partial charge in [0.25, 0.3) is 0 Å². The highest BCUT2D eigenvalue weighted by atomic mass is 16.1. The number of amides is 1. The van der Waals surface area contributed by atoms with Crippen molar-refractivity contribution in [3.63, 3.8) is 0 Å². The molecule has 1 unspecified atom stereocenters. The van der Waals surface area contributed by atoms with E-state index in [1.807, 2.05) is 6.07 Å². The second-order valence-corrected chi connectivity index (χ2v) is 6.38. The molecule has 104 valence electrons. The maximum Gasteiger partial charge on any atom is 0.221 e. The molecule has 0 bridgehead atoms. The zero-order valence-electron chi connectivity index (χ0n) is 12.5. The van der Waals surface area contributed by atoms with Crippen molar-refractivity contribution in [2.75, 3.05) is 5.32 Å². The predicted molar refractivity (Wildman–Crippen MR) is 80.7 cm³/mol. The molecule has 0 saturated heterocycles. The van der Waals surface area contributed by atoms with Crippen LogP contribution in [0.2, 0.25) is 0 Å². The Hall–Kier alpha value is -1.31. The molecule has 1 aliphatic rings. The molecule has 1 amide bonds. The molecule has 2 nitrogen and oxygen atoms in total. The van der Waals surface area contributed by atoms with Gasteiger partial charge in [-0.25, -0.2) is 0 Å². The molecule has 1 aromatic carbocycles. The van der Waals surface area contributed by atoms with Gasteiger partial charge in [0, 0.05) is 12.6 Å². The third kappa shape index (κ3) is 2.83. The predicted octanol–water partition coefficient (Wildman–Crippen LogP) is 4.60. The van der Waals surface area contributed by atoms with Gasteiger partial charge in [-0.1, -0.05) is 45.7 Å². The topological polar surface area (TPSA) is 29.1 Å². The van der Waals surface area contributed by atoms with Crippen LogP contribution in [0, 0.1) is 0 Å². The first kappa shape index (κ1) is 14.1. The molecule has 19 heavy (non-hydrogen) atoms. The number of rotatable bonds is 4. The molecule has 1 atom stereocenters. The summed E-state index contributed by atoms with van der Waals surface area (Å²) < 4.78 is 0. The average Bonchev–Trinajstić information content (AvgIpc) is 2.59. The quantitative estimate of drug-likeness (QED) is 0.841. The first-order chi connectivity index (χ1) is 8.95. The van der Waals surface area contributed by atoms with E-state index in [2.05, 4.69) is 38.2 Å². The Kier molecular flexibility index (Phi) is 3.98. The lowest BCUT2D eigenvalue weighted by molar-refractivity contribution is -0.114. The van der Waals surface area contributed by atoms with E-state index >= 15 is 0 Å². The lowest BCUT2D eigenvalue weighted by atomic mass is 9.85. The van der Waals surface area contributed by atoms with Gasteiger partial charge in [0.1, 0.15) is 0 Å². The molecule has 1 aromatic rings. The zero-order valence-corrected chi connectivity index (χ0v) is 12.5. The van der Waals surface area contributed by atoms with E-state index in [1.165, 1.54) is 36.8 Å². The molecule has 0 aromatic heterocycles. The van der Waals surface area contributed by atoms with Crippen LogP contribution in [0.3, 0.4) is 0 Å². The van der Waals surface area contributed by atoms with Crippen molar-refractivity contribution in [1.29, 1.82) is 0 Å². The smallest absolute Gasteiger partial charge is 0.221 e. The standard InChI is InChI=1S/C17H25NO/c1-5-6-8-13-11-17(3,4)14-9-7-10-15(16(13)14)18-12(2)19/h7,9-10,13H,5-6,8,11H2,1-4H3,(H,18,19). The summed E-state index contributed by atoms with van der Waals surface area (Å²) in [5.74, 6) is 0.611. The molecule has 0 saturated carbocycles. The number of anilines is 1. The van der Waals surface area contributed by atoms with E-state index in [1.54, 1.807) is 6.92 Å². The number of carbonyl (C=O) groups is 1. The number of hydrogen-bond acceptors (Lipinski definition) is 1.